The molecule has 3 heteroatoms. The summed E-state index contributed by atoms with van der Waals surface area (Å²) in [5, 5.41) is 11.4. The van der Waals surface area contributed by atoms with Crippen LogP contribution in [0.15, 0.2) is 0 Å². The van der Waals surface area contributed by atoms with Gasteiger partial charge in [-0.15, -0.1) is 0 Å². The molecule has 1 aromatic heterocycles. The van der Waals surface area contributed by atoms with Gasteiger partial charge in [0.2, 0.25) is 0 Å². The van der Waals surface area contributed by atoms with Crippen molar-refractivity contribution in [1.29, 1.82) is 0 Å². The van der Waals surface area contributed by atoms with Crippen LogP contribution in [0.1, 0.15) is 42.6 Å². The van der Waals surface area contributed by atoms with Crippen LogP contribution in [-0.2, 0) is 18.4 Å². The van der Waals surface area contributed by atoms with Crippen LogP contribution in [0.3, 0.4) is 0 Å². The summed E-state index contributed by atoms with van der Waals surface area (Å²) >= 11 is 0. The molecule has 0 radical (unpaired) electrons. The number of nitrogens with one attached hydrogen (secondary N) is 2. The minimum absolute atomic E-state index is 0.517. The Morgan fingerprint density at radius 2 is 2.40 bits per heavy atom. The van der Waals surface area contributed by atoms with Gasteiger partial charge < -0.3 is 5.32 Å². The Labute approximate surface area is 89.6 Å². The maximum Gasteiger partial charge on any atom is 0.0734 e. The Morgan fingerprint density at radius 3 is 3.20 bits per heavy atom. The summed E-state index contributed by atoms with van der Waals surface area (Å²) in [7, 11) is 0. The van der Waals surface area contributed by atoms with Crippen LogP contribution in [0.2, 0.25) is 0 Å². The monoisotopic (exact) mass is 203 g/mol. The fourth-order valence-corrected chi connectivity index (χ4v) is 3.77. The lowest BCUT2D eigenvalue weighted by Gasteiger charge is -2.16. The molecule has 4 rings (SSSR count). The predicted molar refractivity (Wildman–Crippen MR) is 57.6 cm³/mol. The lowest BCUT2D eigenvalue weighted by Crippen LogP contribution is -2.25. The molecule has 80 valence electrons. The topological polar surface area (TPSA) is 40.7 Å². The van der Waals surface area contributed by atoms with Crippen molar-refractivity contribution < 1.29 is 0 Å². The van der Waals surface area contributed by atoms with Crippen molar-refractivity contribution in [3.63, 3.8) is 0 Å². The van der Waals surface area contributed by atoms with E-state index in [1.54, 1.807) is 0 Å². The molecule has 1 aromatic rings. The average Bonchev–Trinajstić information content (AvgIpc) is 2.68. The van der Waals surface area contributed by atoms with Crippen LogP contribution in [0, 0.1) is 5.92 Å². The average molecular weight is 203 g/mol. The molecule has 3 nitrogen and oxygen atoms in total. The van der Waals surface area contributed by atoms with Gasteiger partial charge in [-0.05, 0) is 25.2 Å². The van der Waals surface area contributed by atoms with E-state index in [-0.39, 0.29) is 0 Å². The highest BCUT2D eigenvalue weighted by Crippen LogP contribution is 2.64. The Hall–Kier alpha value is -0.830. The molecule has 0 saturated heterocycles. The largest absolute Gasteiger partial charge is 0.312 e. The number of H-pyrrole nitrogens is 1. The van der Waals surface area contributed by atoms with Crippen LogP contribution < -0.4 is 5.32 Å². The Balaban J connectivity index is 1.79. The summed E-state index contributed by atoms with van der Waals surface area (Å²) in [5.74, 6) is 0.965. The smallest absolute Gasteiger partial charge is 0.0734 e. The number of aromatic nitrogens is 2. The number of hydrogen-bond donors (Lipinski definition) is 2. The van der Waals surface area contributed by atoms with E-state index in [9.17, 15) is 0 Å². The molecule has 0 bridgehead atoms. The first kappa shape index (κ1) is 8.34. The lowest BCUT2D eigenvalue weighted by atomic mass is 9.93. The summed E-state index contributed by atoms with van der Waals surface area (Å²) in [6.45, 7) is 2.14. The van der Waals surface area contributed by atoms with Crippen molar-refractivity contribution in [3.8, 4) is 0 Å². The molecule has 2 saturated carbocycles. The summed E-state index contributed by atoms with van der Waals surface area (Å²) in [6, 6.07) is 0. The maximum atomic E-state index is 4.63. The van der Waals surface area contributed by atoms with Gasteiger partial charge in [-0.2, -0.15) is 5.10 Å². The van der Waals surface area contributed by atoms with Crippen molar-refractivity contribution >= 4 is 0 Å². The molecule has 2 atom stereocenters. The molecule has 0 amide bonds. The van der Waals surface area contributed by atoms with Crippen molar-refractivity contribution in [3.05, 3.63) is 17.0 Å². The Morgan fingerprint density at radius 1 is 1.40 bits per heavy atom. The highest BCUT2D eigenvalue weighted by atomic mass is 15.1. The molecular formula is C12H17N3. The molecular weight excluding hydrogens is 186 g/mol. The van der Waals surface area contributed by atoms with Crippen molar-refractivity contribution in [2.24, 2.45) is 5.92 Å². The molecule has 2 unspecified atom stereocenters. The molecule has 2 N–H and O–H groups in total. The fourth-order valence-electron chi connectivity index (χ4n) is 3.77. The first-order valence-corrected chi connectivity index (χ1v) is 6.17. The predicted octanol–water partition coefficient (Wildman–Crippen LogP) is 1.50. The third-order valence-corrected chi connectivity index (χ3v) is 4.69. The molecule has 2 fully saturated rings. The van der Waals surface area contributed by atoms with Gasteiger partial charge in [-0.1, -0.05) is 6.42 Å². The van der Waals surface area contributed by atoms with Crippen LogP contribution in [0.25, 0.3) is 0 Å². The van der Waals surface area contributed by atoms with E-state index in [1.807, 2.05) is 0 Å². The summed E-state index contributed by atoms with van der Waals surface area (Å²) in [5.41, 5.74) is 4.84. The van der Waals surface area contributed by atoms with E-state index in [4.69, 9.17) is 0 Å². The quantitative estimate of drug-likeness (QED) is 0.726. The zero-order valence-corrected chi connectivity index (χ0v) is 8.97. The minimum atomic E-state index is 0.517. The van der Waals surface area contributed by atoms with Gasteiger partial charge in [0.25, 0.3) is 0 Å². The normalized spacial score (nSPS) is 37.5. The zero-order chi connectivity index (χ0) is 9.88. The van der Waals surface area contributed by atoms with Crippen molar-refractivity contribution in [2.75, 3.05) is 6.54 Å². The summed E-state index contributed by atoms with van der Waals surface area (Å²) < 4.78 is 0. The van der Waals surface area contributed by atoms with E-state index in [0.717, 1.165) is 25.4 Å². The second kappa shape index (κ2) is 2.64. The van der Waals surface area contributed by atoms with E-state index in [1.165, 1.54) is 42.6 Å². The summed E-state index contributed by atoms with van der Waals surface area (Å²) in [6.07, 6.45) is 6.77. The molecule has 0 aromatic carbocycles. The fraction of sp³-hybridized carbons (Fsp3) is 0.750. The van der Waals surface area contributed by atoms with Gasteiger partial charge in [0.05, 0.1) is 5.69 Å². The SMILES string of the molecule is C1CC2CC2(c2n[nH]c3c2CNCC3)C1. The Kier molecular flexibility index (Phi) is 1.47. The van der Waals surface area contributed by atoms with Gasteiger partial charge in [-0.3, -0.25) is 5.10 Å². The standard InChI is InChI=1S/C12H17N3/c1-2-8-6-12(8,4-1)11-9-7-13-5-3-10(9)14-15-11/h8,13H,1-7H2,(H,14,15). The number of aromatic amines is 1. The number of fused-ring (bicyclic) bond motifs is 2. The molecule has 2 heterocycles. The first-order chi connectivity index (χ1) is 7.40. The van der Waals surface area contributed by atoms with E-state index in [2.05, 4.69) is 15.5 Å². The van der Waals surface area contributed by atoms with Crippen LogP contribution in [-0.4, -0.2) is 16.7 Å². The van der Waals surface area contributed by atoms with E-state index >= 15 is 0 Å². The van der Waals surface area contributed by atoms with Gasteiger partial charge in [-0.25, -0.2) is 0 Å². The zero-order valence-electron chi connectivity index (χ0n) is 8.97. The molecule has 0 spiro atoms. The van der Waals surface area contributed by atoms with Gasteiger partial charge in [0, 0.05) is 36.2 Å². The van der Waals surface area contributed by atoms with Crippen LogP contribution in [0.5, 0.6) is 0 Å². The second-order valence-corrected chi connectivity index (χ2v) is 5.41. The van der Waals surface area contributed by atoms with Crippen LogP contribution in [0.4, 0.5) is 0 Å². The maximum absolute atomic E-state index is 4.63. The Bertz CT molecular complexity index is 409. The van der Waals surface area contributed by atoms with Gasteiger partial charge in [0.15, 0.2) is 0 Å². The van der Waals surface area contributed by atoms with Gasteiger partial charge in [0.1, 0.15) is 0 Å². The van der Waals surface area contributed by atoms with Crippen molar-refractivity contribution in [2.45, 2.75) is 44.1 Å². The third kappa shape index (κ3) is 0.969. The number of rotatable bonds is 1. The highest BCUT2D eigenvalue weighted by molar-refractivity contribution is 5.39. The summed E-state index contributed by atoms with van der Waals surface area (Å²) in [4.78, 5) is 0. The number of nitrogens with zero attached hydrogens (tertiary/aromatic N) is 1. The first-order valence-electron chi connectivity index (χ1n) is 6.17. The lowest BCUT2D eigenvalue weighted by molar-refractivity contribution is 0.600. The number of hydrogen-bond acceptors (Lipinski definition) is 2. The molecule has 15 heavy (non-hydrogen) atoms. The third-order valence-electron chi connectivity index (χ3n) is 4.69. The van der Waals surface area contributed by atoms with Crippen molar-refractivity contribution in [1.82, 2.24) is 15.5 Å². The molecule has 2 aliphatic carbocycles. The van der Waals surface area contributed by atoms with Gasteiger partial charge >= 0.3 is 0 Å². The second-order valence-electron chi connectivity index (χ2n) is 5.41. The minimum Gasteiger partial charge on any atom is -0.312 e. The molecule has 1 aliphatic heterocycles. The highest BCUT2D eigenvalue weighted by Gasteiger charge is 2.60. The van der Waals surface area contributed by atoms with E-state index in [0.29, 0.717) is 5.41 Å². The van der Waals surface area contributed by atoms with E-state index < -0.39 is 0 Å². The van der Waals surface area contributed by atoms with Crippen LogP contribution >= 0.6 is 0 Å². The molecule has 3 aliphatic rings.